The summed E-state index contributed by atoms with van der Waals surface area (Å²) in [6.07, 6.45) is 1.99. The summed E-state index contributed by atoms with van der Waals surface area (Å²) in [6.45, 7) is 0. The van der Waals surface area contributed by atoms with Crippen molar-refractivity contribution in [2.24, 2.45) is 0 Å². The van der Waals surface area contributed by atoms with Crippen LogP contribution in [0.2, 0.25) is 0 Å². The first-order valence-electron chi connectivity index (χ1n) is 7.98. The van der Waals surface area contributed by atoms with Crippen molar-refractivity contribution in [2.45, 2.75) is 0 Å². The number of rotatable bonds is 2. The summed E-state index contributed by atoms with van der Waals surface area (Å²) in [7, 11) is -0.970. The number of benzene rings is 1. The van der Waals surface area contributed by atoms with E-state index < -0.39 is 16.2 Å². The van der Waals surface area contributed by atoms with E-state index in [1.165, 1.54) is 0 Å². The van der Waals surface area contributed by atoms with Crippen LogP contribution >= 0.6 is 0 Å². The third-order valence-electron chi connectivity index (χ3n) is 4.13. The van der Waals surface area contributed by atoms with Crippen LogP contribution in [0.3, 0.4) is 0 Å². The highest BCUT2D eigenvalue weighted by Gasteiger charge is 2.25. The SMILES string of the molecule is CN(C)c1n2c3ccccc3c(C(=O)O)cc2c2cccc[n+]12.[O-][Cl+3]([O-])([O-])[O-]. The normalized spacial score (nSPS) is 11.5. The molecule has 0 aliphatic heterocycles. The van der Waals surface area contributed by atoms with Gasteiger partial charge in [-0.1, -0.05) is 24.3 Å². The Balaban J connectivity index is 0.000000403. The molecular formula is C18H16ClN3O6. The number of hydrogen-bond acceptors (Lipinski definition) is 6. The van der Waals surface area contributed by atoms with E-state index >= 15 is 0 Å². The number of halogens is 1. The van der Waals surface area contributed by atoms with Crippen molar-refractivity contribution >= 4 is 33.9 Å². The lowest BCUT2D eigenvalue weighted by molar-refractivity contribution is -2.00. The number of carboxylic acid groups (broad SMARTS) is 1. The van der Waals surface area contributed by atoms with Gasteiger partial charge in [0.1, 0.15) is 16.6 Å². The van der Waals surface area contributed by atoms with E-state index in [9.17, 15) is 9.90 Å². The van der Waals surface area contributed by atoms with E-state index in [-0.39, 0.29) is 0 Å². The van der Waals surface area contributed by atoms with Gasteiger partial charge in [-0.3, -0.25) is 4.90 Å². The molecule has 0 bridgehead atoms. The second-order valence-corrected chi connectivity index (χ2v) is 6.89. The first kappa shape index (κ1) is 19.8. The first-order chi connectivity index (χ1) is 13.1. The van der Waals surface area contributed by atoms with Gasteiger partial charge in [0.15, 0.2) is 0 Å². The molecular weight excluding hydrogens is 390 g/mol. The Morgan fingerprint density at radius 1 is 1.04 bits per heavy atom. The van der Waals surface area contributed by atoms with Crippen LogP contribution in [-0.2, 0) is 0 Å². The predicted octanol–water partition coefficient (Wildman–Crippen LogP) is -2.16. The van der Waals surface area contributed by atoms with E-state index in [1.807, 2.05) is 67.7 Å². The minimum absolute atomic E-state index is 0.322. The second kappa shape index (κ2) is 7.23. The van der Waals surface area contributed by atoms with Crippen molar-refractivity contribution in [1.29, 1.82) is 0 Å². The molecule has 0 saturated heterocycles. The van der Waals surface area contributed by atoms with E-state index in [0.717, 1.165) is 27.9 Å². The fourth-order valence-corrected chi connectivity index (χ4v) is 3.24. The Morgan fingerprint density at radius 3 is 2.25 bits per heavy atom. The molecule has 3 aromatic heterocycles. The first-order valence-corrected chi connectivity index (χ1v) is 9.22. The zero-order chi connectivity index (χ0) is 20.6. The molecule has 4 rings (SSSR count). The Kier molecular flexibility index (Phi) is 5.11. The van der Waals surface area contributed by atoms with E-state index in [1.54, 1.807) is 6.07 Å². The molecule has 0 spiro atoms. The van der Waals surface area contributed by atoms with Gasteiger partial charge in [-0.2, -0.15) is 4.40 Å². The molecule has 0 radical (unpaired) electrons. The number of fused-ring (bicyclic) bond motifs is 5. The summed E-state index contributed by atoms with van der Waals surface area (Å²) in [5.41, 5.74) is 3.06. The molecule has 9 nitrogen and oxygen atoms in total. The average molecular weight is 406 g/mol. The molecule has 0 amide bonds. The van der Waals surface area contributed by atoms with Gasteiger partial charge in [0.05, 0.1) is 25.9 Å². The quantitative estimate of drug-likeness (QED) is 0.374. The van der Waals surface area contributed by atoms with Crippen LogP contribution in [0.5, 0.6) is 0 Å². The summed E-state index contributed by atoms with van der Waals surface area (Å²) in [5.74, 6) is 0.0640. The number of aromatic nitrogens is 2. The van der Waals surface area contributed by atoms with Gasteiger partial charge in [-0.05, 0) is 24.3 Å². The van der Waals surface area contributed by atoms with Gasteiger partial charge in [0, 0.05) is 5.39 Å². The van der Waals surface area contributed by atoms with Crippen molar-refractivity contribution in [1.82, 2.24) is 4.40 Å². The standard InChI is InChI=1S/C18H15N3O2.ClHO4/c1-19(2)18-20-10-6-5-9-15(20)16-11-13(17(22)23)12-7-3-4-8-14(12)21(16)18;2-1(3,4)5/h3-11H,1-2H3;(H,2,3,4,5). The highest BCUT2D eigenvalue weighted by molar-refractivity contribution is 6.05. The van der Waals surface area contributed by atoms with Crippen LogP contribution in [0.25, 0.3) is 21.9 Å². The van der Waals surface area contributed by atoms with E-state index in [4.69, 9.17) is 18.6 Å². The number of hydrogen-bond donors (Lipinski definition) is 1. The number of pyridine rings is 2. The van der Waals surface area contributed by atoms with Gasteiger partial charge in [0.2, 0.25) is 0 Å². The van der Waals surface area contributed by atoms with Gasteiger partial charge in [0.25, 0.3) is 0 Å². The number of carbonyl (C=O) groups is 1. The third kappa shape index (κ3) is 3.70. The van der Waals surface area contributed by atoms with Crippen LogP contribution < -0.4 is 27.9 Å². The summed E-state index contributed by atoms with van der Waals surface area (Å²) in [6, 6.07) is 15.3. The largest absolute Gasteiger partial charge is 0.478 e. The molecule has 0 unspecified atom stereocenters. The lowest BCUT2D eigenvalue weighted by Crippen LogP contribution is -2.68. The number of imidazole rings is 1. The van der Waals surface area contributed by atoms with Gasteiger partial charge in [-0.25, -0.2) is 27.8 Å². The van der Waals surface area contributed by atoms with Crippen LogP contribution in [0.1, 0.15) is 10.4 Å². The molecule has 146 valence electrons. The lowest BCUT2D eigenvalue weighted by Gasteiger charge is -2.17. The van der Waals surface area contributed by atoms with E-state index in [2.05, 4.69) is 8.80 Å². The van der Waals surface area contributed by atoms with Crippen molar-refractivity contribution in [3.8, 4) is 0 Å². The predicted molar refractivity (Wildman–Crippen MR) is 89.3 cm³/mol. The summed E-state index contributed by atoms with van der Waals surface area (Å²) >= 11 is 0. The number of carboxylic acids is 1. The highest BCUT2D eigenvalue weighted by Crippen LogP contribution is 2.27. The second-order valence-electron chi connectivity index (χ2n) is 6.13. The monoisotopic (exact) mass is 405 g/mol. The maximum atomic E-state index is 11.7. The van der Waals surface area contributed by atoms with Gasteiger partial charge >= 0.3 is 11.9 Å². The van der Waals surface area contributed by atoms with Gasteiger partial charge in [-0.15, -0.1) is 10.2 Å². The van der Waals surface area contributed by atoms with Crippen LogP contribution in [0.15, 0.2) is 54.7 Å². The molecule has 0 aliphatic rings. The Labute approximate surface area is 161 Å². The molecule has 0 fully saturated rings. The fraction of sp³-hybridized carbons (Fsp3) is 0.111. The molecule has 0 saturated carbocycles. The number of aromatic carboxylic acids is 1. The summed E-state index contributed by atoms with van der Waals surface area (Å²) in [5, 5.41) is 10.3. The third-order valence-corrected chi connectivity index (χ3v) is 4.13. The zero-order valence-corrected chi connectivity index (χ0v) is 15.7. The highest BCUT2D eigenvalue weighted by atomic mass is 35.7. The van der Waals surface area contributed by atoms with E-state index in [0.29, 0.717) is 5.56 Å². The maximum Gasteiger partial charge on any atom is 0.369 e. The smallest absolute Gasteiger partial charge is 0.369 e. The minimum atomic E-state index is -4.94. The molecule has 0 aliphatic carbocycles. The summed E-state index contributed by atoms with van der Waals surface area (Å²) < 4.78 is 38.2. The Bertz CT molecular complexity index is 1180. The number of nitrogens with zero attached hydrogens (tertiary/aromatic N) is 3. The molecule has 1 aromatic carbocycles. The molecule has 28 heavy (non-hydrogen) atoms. The average Bonchev–Trinajstić information content (AvgIpc) is 2.94. The van der Waals surface area contributed by atoms with Crippen molar-refractivity contribution < 1.29 is 43.2 Å². The molecule has 0 atom stereocenters. The Hall–Kier alpha value is -2.95. The number of anilines is 1. The summed E-state index contributed by atoms with van der Waals surface area (Å²) in [4.78, 5) is 13.7. The number of para-hydroxylation sites is 1. The molecule has 3 heterocycles. The van der Waals surface area contributed by atoms with Crippen LogP contribution in [0.4, 0.5) is 5.95 Å². The van der Waals surface area contributed by atoms with Gasteiger partial charge < -0.3 is 5.11 Å². The Morgan fingerprint density at radius 2 is 1.64 bits per heavy atom. The molecule has 1 N–H and O–H groups in total. The van der Waals surface area contributed by atoms with Crippen molar-refractivity contribution in [3.63, 3.8) is 0 Å². The van der Waals surface area contributed by atoms with Crippen LogP contribution in [0, 0.1) is 10.2 Å². The maximum absolute atomic E-state index is 11.7. The van der Waals surface area contributed by atoms with Crippen molar-refractivity contribution in [3.05, 3.63) is 60.3 Å². The molecule has 10 heteroatoms. The zero-order valence-electron chi connectivity index (χ0n) is 14.9. The van der Waals surface area contributed by atoms with Crippen molar-refractivity contribution in [2.75, 3.05) is 19.0 Å². The minimum Gasteiger partial charge on any atom is -0.478 e. The lowest BCUT2D eigenvalue weighted by atomic mass is 10.1. The van der Waals surface area contributed by atoms with Crippen LogP contribution in [-0.4, -0.2) is 29.6 Å². The topological polar surface area (TPSA) is 141 Å². The fourth-order valence-electron chi connectivity index (χ4n) is 3.24. The molecule has 4 aromatic rings.